The molecule has 2 nitrogen and oxygen atoms in total. The number of para-hydroxylation sites is 1. The summed E-state index contributed by atoms with van der Waals surface area (Å²) in [4.78, 5) is 4.31. The predicted octanol–water partition coefficient (Wildman–Crippen LogP) is 4.85. The summed E-state index contributed by atoms with van der Waals surface area (Å²) in [5.74, 6) is 0.159. The van der Waals surface area contributed by atoms with Crippen LogP contribution < -0.4 is 0 Å². The number of nitrogens with zero attached hydrogens (tertiary/aromatic N) is 2. The molecule has 2 aromatic carbocycles. The van der Waals surface area contributed by atoms with Gasteiger partial charge >= 0.3 is 0 Å². The Hall–Kier alpha value is -1.46. The van der Waals surface area contributed by atoms with E-state index >= 15 is 0 Å². The normalized spacial score (nSPS) is 11.2. The number of aromatic nitrogens is 2. The van der Waals surface area contributed by atoms with Crippen molar-refractivity contribution in [1.29, 1.82) is 0 Å². The summed E-state index contributed by atoms with van der Waals surface area (Å²) in [7, 11) is 0. The van der Waals surface area contributed by atoms with Crippen LogP contribution in [0.3, 0.4) is 0 Å². The molecule has 0 amide bonds. The second-order valence-electron chi connectivity index (χ2n) is 4.51. The monoisotopic (exact) mass is 370 g/mol. The lowest BCUT2D eigenvalue weighted by atomic mass is 10.2. The molecule has 1 aromatic heterocycles. The van der Waals surface area contributed by atoms with Crippen LogP contribution >= 0.6 is 27.5 Å². The number of fused-ring (bicyclic) bond motifs is 1. The van der Waals surface area contributed by atoms with Crippen LogP contribution in [0.2, 0.25) is 0 Å². The standard InChI is InChI=1S/C15H10BrClF2N2/c16-10-5-4-9(18)8-13(10)21-12-3-1-2-11(19)15(12)20-14(21)6-7-17/h1-5,8H,6-7H2. The van der Waals surface area contributed by atoms with Crippen LogP contribution in [-0.2, 0) is 6.42 Å². The van der Waals surface area contributed by atoms with Crippen LogP contribution in [0.4, 0.5) is 8.78 Å². The Labute approximate surface area is 133 Å². The second kappa shape index (κ2) is 5.73. The Bertz CT molecular complexity index is 817. The number of imidazole rings is 1. The fraction of sp³-hybridized carbons (Fsp3) is 0.133. The lowest BCUT2D eigenvalue weighted by molar-refractivity contribution is 0.626. The number of hydrogen-bond acceptors (Lipinski definition) is 1. The Balaban J connectivity index is 2.36. The first kappa shape index (κ1) is 14.5. The van der Waals surface area contributed by atoms with Gasteiger partial charge in [-0.3, -0.25) is 4.57 Å². The number of hydrogen-bond donors (Lipinski definition) is 0. The molecule has 1 heterocycles. The van der Waals surface area contributed by atoms with Crippen LogP contribution in [0.1, 0.15) is 5.82 Å². The van der Waals surface area contributed by atoms with Crippen LogP contribution in [0.25, 0.3) is 16.7 Å². The van der Waals surface area contributed by atoms with Gasteiger partial charge in [0, 0.05) is 16.8 Å². The summed E-state index contributed by atoms with van der Waals surface area (Å²) >= 11 is 9.20. The number of rotatable bonds is 3. The molecule has 0 saturated carbocycles. The third-order valence-electron chi connectivity index (χ3n) is 3.17. The van der Waals surface area contributed by atoms with Gasteiger partial charge < -0.3 is 0 Å². The van der Waals surface area contributed by atoms with Crippen LogP contribution in [0.5, 0.6) is 0 Å². The van der Waals surface area contributed by atoms with Crippen LogP contribution in [-0.4, -0.2) is 15.4 Å². The molecule has 0 saturated heterocycles. The third kappa shape index (κ3) is 2.56. The molecule has 21 heavy (non-hydrogen) atoms. The molecular formula is C15H10BrClF2N2. The summed E-state index contributed by atoms with van der Waals surface area (Å²) in [5, 5.41) is 0. The van der Waals surface area contributed by atoms with Gasteiger partial charge in [-0.25, -0.2) is 13.8 Å². The Morgan fingerprint density at radius 2 is 2.00 bits per heavy atom. The SMILES string of the molecule is Fc1ccc(Br)c(-n2c(CCCl)nc3c(F)cccc32)c1. The van der Waals surface area contributed by atoms with Gasteiger partial charge in [0.1, 0.15) is 17.2 Å². The summed E-state index contributed by atoms with van der Waals surface area (Å²) in [6.07, 6.45) is 0.457. The predicted molar refractivity (Wildman–Crippen MR) is 83.1 cm³/mol. The molecule has 0 bridgehead atoms. The first-order valence-corrected chi connectivity index (χ1v) is 7.62. The van der Waals surface area contributed by atoms with E-state index in [9.17, 15) is 8.78 Å². The largest absolute Gasteiger partial charge is 0.295 e. The highest BCUT2D eigenvalue weighted by Crippen LogP contribution is 2.29. The van der Waals surface area contributed by atoms with Crippen molar-refractivity contribution in [2.24, 2.45) is 0 Å². The molecule has 0 atom stereocenters. The number of aryl methyl sites for hydroxylation is 1. The second-order valence-corrected chi connectivity index (χ2v) is 5.74. The molecule has 3 rings (SSSR count). The zero-order chi connectivity index (χ0) is 15.0. The third-order valence-corrected chi connectivity index (χ3v) is 4.03. The van der Waals surface area contributed by atoms with Gasteiger partial charge in [-0.2, -0.15) is 0 Å². The highest BCUT2D eigenvalue weighted by Gasteiger charge is 2.16. The van der Waals surface area contributed by atoms with E-state index in [0.717, 1.165) is 0 Å². The van der Waals surface area contributed by atoms with Crippen LogP contribution in [0.15, 0.2) is 40.9 Å². The molecule has 6 heteroatoms. The van der Waals surface area contributed by atoms with Crippen molar-refractivity contribution in [2.75, 3.05) is 5.88 Å². The molecule has 0 aliphatic carbocycles. The molecule has 0 unspecified atom stereocenters. The highest BCUT2D eigenvalue weighted by molar-refractivity contribution is 9.10. The molecular weight excluding hydrogens is 362 g/mol. The van der Waals surface area contributed by atoms with Crippen molar-refractivity contribution >= 4 is 38.6 Å². The van der Waals surface area contributed by atoms with E-state index in [1.165, 1.54) is 18.2 Å². The van der Waals surface area contributed by atoms with Gasteiger partial charge in [0.15, 0.2) is 5.82 Å². The summed E-state index contributed by atoms with van der Waals surface area (Å²) in [6.45, 7) is 0. The maximum absolute atomic E-state index is 13.9. The highest BCUT2D eigenvalue weighted by atomic mass is 79.9. The minimum absolute atomic E-state index is 0.258. The molecule has 108 valence electrons. The minimum atomic E-state index is -0.408. The van der Waals surface area contributed by atoms with Gasteiger partial charge in [0.05, 0.1) is 11.2 Å². The maximum Gasteiger partial charge on any atom is 0.151 e. The smallest absolute Gasteiger partial charge is 0.151 e. The Kier molecular flexibility index (Phi) is 3.95. The zero-order valence-electron chi connectivity index (χ0n) is 10.8. The van der Waals surface area contributed by atoms with E-state index in [0.29, 0.717) is 33.8 Å². The molecule has 0 fully saturated rings. The van der Waals surface area contributed by atoms with Crippen molar-refractivity contribution < 1.29 is 8.78 Å². The minimum Gasteiger partial charge on any atom is -0.295 e. The summed E-state index contributed by atoms with van der Waals surface area (Å²) in [6, 6.07) is 9.06. The molecule has 0 N–H and O–H groups in total. The van der Waals surface area contributed by atoms with E-state index in [-0.39, 0.29) is 11.3 Å². The Morgan fingerprint density at radius 1 is 1.19 bits per heavy atom. The average molecular weight is 372 g/mol. The zero-order valence-corrected chi connectivity index (χ0v) is 13.1. The molecule has 0 spiro atoms. The fourth-order valence-electron chi connectivity index (χ4n) is 2.29. The van der Waals surface area contributed by atoms with Gasteiger partial charge in [-0.1, -0.05) is 6.07 Å². The van der Waals surface area contributed by atoms with E-state index in [4.69, 9.17) is 11.6 Å². The average Bonchev–Trinajstić information content (AvgIpc) is 2.82. The van der Waals surface area contributed by atoms with E-state index < -0.39 is 5.82 Å². The van der Waals surface area contributed by atoms with Gasteiger partial charge in [0.25, 0.3) is 0 Å². The van der Waals surface area contributed by atoms with Crippen molar-refractivity contribution in [3.05, 3.63) is 58.3 Å². The van der Waals surface area contributed by atoms with E-state index in [1.54, 1.807) is 22.8 Å². The van der Waals surface area contributed by atoms with E-state index in [1.807, 2.05) is 0 Å². The van der Waals surface area contributed by atoms with Gasteiger partial charge in [0.2, 0.25) is 0 Å². The topological polar surface area (TPSA) is 17.8 Å². The van der Waals surface area contributed by atoms with Crippen molar-refractivity contribution in [3.63, 3.8) is 0 Å². The van der Waals surface area contributed by atoms with Gasteiger partial charge in [-0.05, 0) is 46.3 Å². The lowest BCUT2D eigenvalue weighted by Gasteiger charge is -2.11. The van der Waals surface area contributed by atoms with Crippen molar-refractivity contribution in [3.8, 4) is 5.69 Å². The summed E-state index contributed by atoms with van der Waals surface area (Å²) in [5.41, 5.74) is 1.42. The Morgan fingerprint density at radius 3 is 2.76 bits per heavy atom. The van der Waals surface area contributed by atoms with Crippen LogP contribution in [0, 0.1) is 11.6 Å². The van der Waals surface area contributed by atoms with Crippen molar-refractivity contribution in [1.82, 2.24) is 9.55 Å². The fourth-order valence-corrected chi connectivity index (χ4v) is 2.88. The lowest BCUT2D eigenvalue weighted by Crippen LogP contribution is -2.03. The van der Waals surface area contributed by atoms with E-state index in [2.05, 4.69) is 20.9 Å². The molecule has 0 radical (unpaired) electrons. The first-order valence-electron chi connectivity index (χ1n) is 6.29. The molecule has 0 aliphatic heterocycles. The number of alkyl halides is 1. The summed E-state index contributed by atoms with van der Waals surface area (Å²) < 4.78 is 29.9. The number of benzene rings is 2. The van der Waals surface area contributed by atoms with Crippen molar-refractivity contribution in [2.45, 2.75) is 6.42 Å². The number of halogens is 4. The molecule has 3 aromatic rings. The van der Waals surface area contributed by atoms with Gasteiger partial charge in [-0.15, -0.1) is 11.6 Å². The first-order chi connectivity index (χ1) is 10.1. The molecule has 0 aliphatic rings. The quantitative estimate of drug-likeness (QED) is 0.602. The maximum atomic E-state index is 13.9.